The van der Waals surface area contributed by atoms with Crippen LogP contribution in [0.5, 0.6) is 23.0 Å². The smallest absolute Gasteiger partial charge is 0.748 e. The number of amides is 2. The fourth-order valence-electron chi connectivity index (χ4n) is 8.64. The molecule has 4 aliphatic heterocycles. The van der Waals surface area contributed by atoms with E-state index in [1.165, 1.54) is 12.0 Å². The molecule has 4 aromatic rings. The first-order chi connectivity index (χ1) is 29.4. The number of ether oxygens (including phenoxy) is 4. The third-order valence-corrected chi connectivity index (χ3v) is 13.1. The summed E-state index contributed by atoms with van der Waals surface area (Å²) in [6.07, 6.45) is 4.18. The Morgan fingerprint density at radius 1 is 0.698 bits per heavy atom. The van der Waals surface area contributed by atoms with Gasteiger partial charge in [0.1, 0.15) is 17.6 Å². The second-order valence-electron chi connectivity index (χ2n) is 15.6. The zero-order valence-electron chi connectivity index (χ0n) is 36.0. The first-order valence-electron chi connectivity index (χ1n) is 19.8. The van der Waals surface area contributed by atoms with Crippen LogP contribution in [0.4, 0.5) is 0 Å². The van der Waals surface area contributed by atoms with Gasteiger partial charge in [0.25, 0.3) is 11.8 Å². The largest absolute Gasteiger partial charge is 1.00 e. The molecule has 320 valence electrons. The molecule has 2 unspecified atom stereocenters. The quantitative estimate of drug-likeness (QED) is 0.0428. The molecule has 0 saturated carbocycles. The molecule has 4 heterocycles. The van der Waals surface area contributed by atoms with Crippen molar-refractivity contribution in [2.45, 2.75) is 69.4 Å². The van der Waals surface area contributed by atoms with Gasteiger partial charge >= 0.3 is 59.1 Å². The van der Waals surface area contributed by atoms with Gasteiger partial charge in [0.05, 0.1) is 54.9 Å². The minimum Gasteiger partial charge on any atom is -0.748 e. The van der Waals surface area contributed by atoms with Crippen LogP contribution in [0.15, 0.2) is 85.2 Å². The van der Waals surface area contributed by atoms with E-state index < -0.39 is 33.6 Å². The third kappa shape index (κ3) is 10.4. The van der Waals surface area contributed by atoms with Gasteiger partial charge in [0.15, 0.2) is 11.5 Å². The number of benzene rings is 4. The summed E-state index contributed by atoms with van der Waals surface area (Å²) in [7, 11) is -1.75. The van der Waals surface area contributed by atoms with Crippen molar-refractivity contribution in [1.29, 1.82) is 0 Å². The maximum Gasteiger partial charge on any atom is 1.00 e. The van der Waals surface area contributed by atoms with Crippen molar-refractivity contribution in [3.63, 3.8) is 0 Å². The molecule has 0 saturated heterocycles. The van der Waals surface area contributed by atoms with Gasteiger partial charge in [0, 0.05) is 36.4 Å². The van der Waals surface area contributed by atoms with Gasteiger partial charge < -0.3 is 50.5 Å². The van der Waals surface area contributed by atoms with Gasteiger partial charge in [0.2, 0.25) is 0 Å². The maximum absolute atomic E-state index is 14.1. The molecular weight excluding hydrogens is 871 g/mol. The summed E-state index contributed by atoms with van der Waals surface area (Å²) < 4.78 is 65.9. The Labute approximate surface area is 416 Å². The van der Waals surface area contributed by atoms with Gasteiger partial charge in [-0.3, -0.25) is 9.59 Å². The Morgan fingerprint density at radius 2 is 1.25 bits per heavy atom. The van der Waals surface area contributed by atoms with E-state index in [4.69, 9.17) is 28.9 Å². The van der Waals surface area contributed by atoms with Crippen LogP contribution in [0.2, 0.25) is 0 Å². The molecule has 0 radical (unpaired) electrons. The van der Waals surface area contributed by atoms with Crippen molar-refractivity contribution in [3.05, 3.63) is 130 Å². The molecule has 0 aromatic heterocycles. The fourth-order valence-corrected chi connectivity index (χ4v) is 9.67. The van der Waals surface area contributed by atoms with Crippen LogP contribution >= 0.6 is 0 Å². The van der Waals surface area contributed by atoms with E-state index in [1.54, 1.807) is 61.5 Å². The molecule has 0 aliphatic carbocycles. The molecule has 8 rings (SSSR count). The van der Waals surface area contributed by atoms with E-state index in [1.807, 2.05) is 49.5 Å². The second kappa shape index (κ2) is 20.9. The van der Waals surface area contributed by atoms with Crippen LogP contribution < -0.4 is 78.1 Å². The summed E-state index contributed by atoms with van der Waals surface area (Å²) >= 11 is 4.50. The molecule has 18 heteroatoms. The zero-order valence-corrected chi connectivity index (χ0v) is 41.6. The van der Waals surface area contributed by atoms with Crippen LogP contribution in [-0.4, -0.2) is 85.5 Å². The molecule has 4 aliphatic rings. The zero-order chi connectivity index (χ0) is 43.0. The van der Waals surface area contributed by atoms with Crippen LogP contribution in [0.25, 0.3) is 11.1 Å². The Morgan fingerprint density at radius 3 is 1.86 bits per heavy atom. The van der Waals surface area contributed by atoms with Crippen molar-refractivity contribution in [2.24, 2.45) is 0 Å². The molecule has 0 N–H and O–H groups in total. The molecule has 2 amide bonds. The number of rotatable bonds is 14. The Kier molecular flexibility index (Phi) is 16.3. The maximum atomic E-state index is 14.1. The second-order valence-corrected chi connectivity index (χ2v) is 17.3. The molecule has 0 bridgehead atoms. The summed E-state index contributed by atoms with van der Waals surface area (Å²) in [5.41, 5.74) is 7.20. The predicted octanol–water partition coefficient (Wildman–Crippen LogP) is 0.424. The van der Waals surface area contributed by atoms with Crippen LogP contribution in [0.3, 0.4) is 0 Å². The van der Waals surface area contributed by atoms with E-state index in [0.29, 0.717) is 63.7 Å². The molecule has 0 spiro atoms. The normalized spacial score (nSPS) is 20.1. The van der Waals surface area contributed by atoms with E-state index in [9.17, 15) is 22.6 Å². The molecule has 4 atom stereocenters. The van der Waals surface area contributed by atoms with Crippen molar-refractivity contribution in [2.75, 3.05) is 27.4 Å². The first kappa shape index (κ1) is 49.1. The Hall–Kier alpha value is -3.36. The van der Waals surface area contributed by atoms with Gasteiger partial charge in [-0.2, -0.15) is 0 Å². The summed E-state index contributed by atoms with van der Waals surface area (Å²) in [5.74, 6) is 1.31. The number of methoxy groups -OCH3 is 2. The Balaban J connectivity index is 0.00000330. The average Bonchev–Trinajstić information content (AvgIpc) is 3.85. The molecule has 0 fully saturated rings. The minimum atomic E-state index is -4.81. The van der Waals surface area contributed by atoms with Gasteiger partial charge in [-0.1, -0.05) is 47.0 Å². The summed E-state index contributed by atoms with van der Waals surface area (Å²) in [5, 5.41) is 3.41. The summed E-state index contributed by atoms with van der Waals surface area (Å²) in [6, 6.07) is 20.9. The van der Waals surface area contributed by atoms with Crippen molar-refractivity contribution >= 4 is 46.0 Å². The van der Waals surface area contributed by atoms with Crippen LogP contribution in [0.1, 0.15) is 73.4 Å². The number of carbonyl (C=O) groups is 2. The van der Waals surface area contributed by atoms with Gasteiger partial charge in [-0.05, 0) is 108 Å². The van der Waals surface area contributed by atoms with Gasteiger partial charge in [-0.25, -0.2) is 13.3 Å². The van der Waals surface area contributed by atoms with Crippen molar-refractivity contribution in [1.82, 2.24) is 9.80 Å². The van der Waals surface area contributed by atoms with E-state index in [0.717, 1.165) is 27.8 Å². The van der Waals surface area contributed by atoms with E-state index in [2.05, 4.69) is 17.2 Å². The number of aryl methyl sites for hydroxylation is 2. The SMILES string of the molecule is COc1ccc(C2=CN3C(=O)c4cc(C)c(OCCCOc5cc6c(cc5OC)C(=O)N5C=C(c7ccc(C)cc7)C[C@H]5C(OOO[S-])C6)cc4CC(S(=O)(=O)[O-])[C@@H]3C2)cc1.[Na+].[Na+]. The average molecular weight is 915 g/mol. The molecule has 4 aromatic carbocycles. The topological polar surface area (TPSA) is 162 Å². The Bertz CT molecular complexity index is 2520. The van der Waals surface area contributed by atoms with Crippen molar-refractivity contribution in [3.8, 4) is 23.0 Å². The van der Waals surface area contributed by atoms with Crippen LogP contribution in [-0.2, 0) is 50.1 Å². The monoisotopic (exact) mass is 914 g/mol. The summed E-state index contributed by atoms with van der Waals surface area (Å²) in [4.78, 5) is 36.7. The molecule has 63 heavy (non-hydrogen) atoms. The first-order valence-corrected chi connectivity index (χ1v) is 21.6. The fraction of sp³-hybridized carbons (Fsp3) is 0.333. The molecular formula is C45H44N2Na2O12S2. The van der Waals surface area contributed by atoms with E-state index >= 15 is 0 Å². The summed E-state index contributed by atoms with van der Waals surface area (Å²) in [6.45, 7) is 4.25. The van der Waals surface area contributed by atoms with E-state index in [-0.39, 0.29) is 103 Å². The minimum absolute atomic E-state index is 0. The standard InChI is InChI=1S/C45H46N2O12S2.2Na/c1-26-6-8-28(9-7-26)32-17-37-40(57-58-59-60)20-30-21-42(41(54-4)23-36(30)45(49)46(37)24-32)56-15-5-14-55-39-19-31-22-43(61(50,51)52)38-18-33(29-10-12-34(53-3)13-11-29)25-47(38)44(48)35(31)16-27(39)2;;/h6-13,16,19,21,23-25,37-38,40,43,60H,5,14-15,17-18,20,22H2,1-4H3,(H,50,51,52);;/q;2*+1/p-2/t37-,38-,40?,43?;;/m0../s1. The third-order valence-electron chi connectivity index (χ3n) is 11.8. The number of nitrogens with zero attached hydrogens (tertiary/aromatic N) is 2. The number of carbonyl (C=O) groups excluding carboxylic acids is 2. The number of hydrogen-bond donors (Lipinski definition) is 0. The predicted molar refractivity (Wildman–Crippen MR) is 224 cm³/mol. The van der Waals surface area contributed by atoms with Crippen molar-refractivity contribution < 1.29 is 115 Å². The number of fused-ring (bicyclic) bond motifs is 4. The van der Waals surface area contributed by atoms with Gasteiger partial charge in [-0.15, -0.1) is 0 Å². The number of hydrogen-bond acceptors (Lipinski definition) is 13. The van der Waals surface area contributed by atoms with Crippen LogP contribution in [0, 0.1) is 13.8 Å². The molecule has 14 nitrogen and oxygen atoms in total.